The van der Waals surface area contributed by atoms with Crippen molar-refractivity contribution in [3.8, 4) is 18.1 Å². The number of nitrogens with one attached hydrogen (secondary N) is 2. The summed E-state index contributed by atoms with van der Waals surface area (Å²) in [5.41, 5.74) is 1.32. The maximum atomic E-state index is 12.5. The third kappa shape index (κ3) is 7.03. The van der Waals surface area contributed by atoms with E-state index < -0.39 is 17.9 Å². The van der Waals surface area contributed by atoms with E-state index in [1.165, 1.54) is 24.3 Å². The lowest BCUT2D eigenvalue weighted by Crippen LogP contribution is -2.42. The van der Waals surface area contributed by atoms with Crippen LogP contribution in [0.5, 0.6) is 5.75 Å². The first-order chi connectivity index (χ1) is 13.9. The van der Waals surface area contributed by atoms with Gasteiger partial charge in [-0.2, -0.15) is 0 Å². The smallest absolute Gasteiger partial charge is 0.326 e. The molecule has 2 amide bonds. The van der Waals surface area contributed by atoms with Gasteiger partial charge < -0.3 is 20.8 Å². The molecule has 0 saturated carbocycles. The summed E-state index contributed by atoms with van der Waals surface area (Å²) in [7, 11) is 0. The molecule has 2 rings (SSSR count). The monoisotopic (exact) mass is 394 g/mol. The first-order valence-corrected chi connectivity index (χ1v) is 9.04. The van der Waals surface area contributed by atoms with Crippen LogP contribution < -0.4 is 10.6 Å². The zero-order valence-electron chi connectivity index (χ0n) is 15.7. The Labute approximate surface area is 168 Å². The molecule has 0 heterocycles. The summed E-state index contributed by atoms with van der Waals surface area (Å²) >= 11 is 0. The molecule has 7 heteroatoms. The van der Waals surface area contributed by atoms with Crippen molar-refractivity contribution in [2.45, 2.75) is 31.7 Å². The van der Waals surface area contributed by atoms with E-state index >= 15 is 0 Å². The quantitative estimate of drug-likeness (QED) is 0.385. The van der Waals surface area contributed by atoms with Gasteiger partial charge in [0.1, 0.15) is 11.8 Å². The number of terminal acetylenes is 1. The molecule has 0 saturated heterocycles. The van der Waals surface area contributed by atoms with E-state index in [9.17, 15) is 24.6 Å². The molecule has 0 aromatic heterocycles. The molecule has 0 aliphatic carbocycles. The zero-order chi connectivity index (χ0) is 21.2. The van der Waals surface area contributed by atoms with Gasteiger partial charge >= 0.3 is 5.97 Å². The molecule has 1 atom stereocenters. The van der Waals surface area contributed by atoms with E-state index in [1.54, 1.807) is 24.3 Å². The Kier molecular flexibility index (Phi) is 7.80. The molecule has 29 heavy (non-hydrogen) atoms. The van der Waals surface area contributed by atoms with Crippen molar-refractivity contribution in [1.82, 2.24) is 5.32 Å². The number of aromatic hydroxyl groups is 1. The average Bonchev–Trinajstić information content (AvgIpc) is 2.69. The number of carboxylic acid groups (broad SMARTS) is 1. The van der Waals surface area contributed by atoms with Crippen molar-refractivity contribution in [2.24, 2.45) is 0 Å². The zero-order valence-corrected chi connectivity index (χ0v) is 15.7. The standard InChI is InChI=1S/C22H22N2O5/c1-2-3-4-8-20(26)23-17-7-5-6-16(14-17)21(27)24-19(22(28)29)13-15-9-11-18(25)12-10-15/h1,5-7,9-12,14,19,25H,3-4,8,13H2,(H,23,26)(H,24,27)(H,28,29)/t19-/m0/s1. The molecule has 4 N–H and O–H groups in total. The van der Waals surface area contributed by atoms with Gasteiger partial charge in [-0.3, -0.25) is 9.59 Å². The van der Waals surface area contributed by atoms with E-state index in [1.807, 2.05) is 0 Å². The van der Waals surface area contributed by atoms with E-state index in [4.69, 9.17) is 6.42 Å². The van der Waals surface area contributed by atoms with Crippen LogP contribution in [0.4, 0.5) is 5.69 Å². The Morgan fingerprint density at radius 1 is 1.10 bits per heavy atom. The van der Waals surface area contributed by atoms with Crippen molar-refractivity contribution < 1.29 is 24.6 Å². The predicted molar refractivity (Wildman–Crippen MR) is 108 cm³/mol. The third-order valence-electron chi connectivity index (χ3n) is 4.11. The summed E-state index contributed by atoms with van der Waals surface area (Å²) in [6, 6.07) is 11.2. The van der Waals surface area contributed by atoms with Crippen molar-refractivity contribution >= 4 is 23.5 Å². The van der Waals surface area contributed by atoms with E-state index in [0.717, 1.165) is 0 Å². The number of anilines is 1. The highest BCUT2D eigenvalue weighted by Gasteiger charge is 2.21. The number of benzene rings is 2. The van der Waals surface area contributed by atoms with E-state index in [2.05, 4.69) is 16.6 Å². The topological polar surface area (TPSA) is 116 Å². The van der Waals surface area contributed by atoms with E-state index in [0.29, 0.717) is 24.1 Å². The number of unbranched alkanes of at least 4 members (excludes halogenated alkanes) is 1. The van der Waals surface area contributed by atoms with Crippen LogP contribution in [0.15, 0.2) is 48.5 Å². The molecule has 0 unspecified atom stereocenters. The fraction of sp³-hybridized carbons (Fsp3) is 0.227. The predicted octanol–water partition coefficient (Wildman–Crippen LogP) is 2.56. The summed E-state index contributed by atoms with van der Waals surface area (Å²) < 4.78 is 0. The SMILES string of the molecule is C#CCCCC(=O)Nc1cccc(C(=O)N[C@@H](Cc2ccc(O)cc2)C(=O)O)c1. The van der Waals surface area contributed by atoms with Gasteiger partial charge in [-0.1, -0.05) is 18.2 Å². The Morgan fingerprint density at radius 2 is 1.83 bits per heavy atom. The van der Waals surface area contributed by atoms with Crippen molar-refractivity contribution in [3.63, 3.8) is 0 Å². The van der Waals surface area contributed by atoms with Gasteiger partial charge in [0.25, 0.3) is 5.91 Å². The third-order valence-corrected chi connectivity index (χ3v) is 4.11. The Morgan fingerprint density at radius 3 is 2.48 bits per heavy atom. The van der Waals surface area contributed by atoms with Gasteiger partial charge in [0, 0.05) is 30.5 Å². The molecule has 7 nitrogen and oxygen atoms in total. The summed E-state index contributed by atoms with van der Waals surface area (Å²) in [5, 5.41) is 23.9. The number of phenols is 1. The lowest BCUT2D eigenvalue weighted by Gasteiger charge is -2.15. The molecule has 0 aliphatic heterocycles. The second-order valence-electron chi connectivity index (χ2n) is 6.42. The summed E-state index contributed by atoms with van der Waals surface area (Å²) in [6.45, 7) is 0. The Balaban J connectivity index is 2.02. The first kappa shape index (κ1) is 21.5. The highest BCUT2D eigenvalue weighted by molar-refractivity contribution is 5.98. The van der Waals surface area contributed by atoms with Crippen LogP contribution in [0.1, 0.15) is 35.2 Å². The second kappa shape index (κ2) is 10.5. The summed E-state index contributed by atoms with van der Waals surface area (Å²) in [6.07, 6.45) is 6.57. The van der Waals surface area contributed by atoms with Gasteiger partial charge in [0.15, 0.2) is 0 Å². The highest BCUT2D eigenvalue weighted by Crippen LogP contribution is 2.14. The number of carbonyl (C=O) groups is 3. The molecule has 0 radical (unpaired) electrons. The van der Waals surface area contributed by atoms with Crippen LogP contribution in [0.3, 0.4) is 0 Å². The molecule has 0 bridgehead atoms. The molecule has 150 valence electrons. The first-order valence-electron chi connectivity index (χ1n) is 9.04. The minimum atomic E-state index is -1.18. The van der Waals surface area contributed by atoms with Crippen LogP contribution in [-0.2, 0) is 16.0 Å². The van der Waals surface area contributed by atoms with Crippen molar-refractivity contribution in [1.29, 1.82) is 0 Å². The summed E-state index contributed by atoms with van der Waals surface area (Å²) in [4.78, 5) is 35.9. The van der Waals surface area contributed by atoms with Gasteiger partial charge in [0.2, 0.25) is 5.91 Å². The van der Waals surface area contributed by atoms with Gasteiger partial charge in [-0.15, -0.1) is 12.3 Å². The normalized spacial score (nSPS) is 11.1. The minimum Gasteiger partial charge on any atom is -0.508 e. The summed E-state index contributed by atoms with van der Waals surface area (Å²) in [5.74, 6) is 0.576. The lowest BCUT2D eigenvalue weighted by molar-refractivity contribution is -0.139. The molecule has 0 fully saturated rings. The molecular formula is C22H22N2O5. The lowest BCUT2D eigenvalue weighted by atomic mass is 10.1. The Hall–Kier alpha value is -3.79. The molecule has 2 aromatic rings. The number of phenolic OH excluding ortho intramolecular Hbond substituents is 1. The number of carboxylic acids is 1. The number of carbonyl (C=O) groups excluding carboxylic acids is 2. The van der Waals surface area contributed by atoms with Crippen LogP contribution >= 0.6 is 0 Å². The number of hydrogen-bond donors (Lipinski definition) is 4. The molecule has 0 aliphatic rings. The average molecular weight is 394 g/mol. The number of aliphatic carboxylic acids is 1. The molecule has 0 spiro atoms. The van der Waals surface area contributed by atoms with Gasteiger partial charge in [0.05, 0.1) is 0 Å². The fourth-order valence-corrected chi connectivity index (χ4v) is 2.62. The minimum absolute atomic E-state index is 0.0625. The highest BCUT2D eigenvalue weighted by atomic mass is 16.4. The van der Waals surface area contributed by atoms with Crippen molar-refractivity contribution in [2.75, 3.05) is 5.32 Å². The van der Waals surface area contributed by atoms with Crippen LogP contribution in [0, 0.1) is 12.3 Å². The number of rotatable bonds is 9. The van der Waals surface area contributed by atoms with Gasteiger partial charge in [-0.25, -0.2) is 4.79 Å². The Bertz CT molecular complexity index is 916. The largest absolute Gasteiger partial charge is 0.508 e. The molecular weight excluding hydrogens is 372 g/mol. The maximum Gasteiger partial charge on any atom is 0.326 e. The number of hydrogen-bond acceptors (Lipinski definition) is 4. The molecule has 2 aromatic carbocycles. The van der Waals surface area contributed by atoms with Gasteiger partial charge in [-0.05, 0) is 42.3 Å². The van der Waals surface area contributed by atoms with E-state index in [-0.39, 0.29) is 30.1 Å². The van der Waals surface area contributed by atoms with Crippen molar-refractivity contribution in [3.05, 3.63) is 59.7 Å². The van der Waals surface area contributed by atoms with Crippen LogP contribution in [0.2, 0.25) is 0 Å². The maximum absolute atomic E-state index is 12.5. The number of amides is 2. The fourth-order valence-electron chi connectivity index (χ4n) is 2.62. The second-order valence-corrected chi connectivity index (χ2v) is 6.42. The van der Waals surface area contributed by atoms with Crippen LogP contribution in [0.25, 0.3) is 0 Å². The van der Waals surface area contributed by atoms with Crippen LogP contribution in [-0.4, -0.2) is 34.0 Å².